The first-order chi connectivity index (χ1) is 15.1. The van der Waals surface area contributed by atoms with Gasteiger partial charge in [0.25, 0.3) is 0 Å². The van der Waals surface area contributed by atoms with E-state index in [1.165, 1.54) is 44.1 Å². The van der Waals surface area contributed by atoms with Crippen molar-refractivity contribution in [3.63, 3.8) is 0 Å². The zero-order valence-electron chi connectivity index (χ0n) is 17.9. The molecule has 0 radical (unpaired) electrons. The lowest BCUT2D eigenvalue weighted by atomic mass is 9.42. The van der Waals surface area contributed by atoms with Crippen molar-refractivity contribution in [2.45, 2.75) is 49.4 Å². The second-order valence-electron chi connectivity index (χ2n) is 10.3. The van der Waals surface area contributed by atoms with Crippen LogP contribution in [0.15, 0.2) is 83.9 Å². The fourth-order valence-corrected chi connectivity index (χ4v) is 7.34. The standard InChI is InChI=1S/C29H29NO/c31-27-12-6-21(7-13-27)19-30-26-10-8-25(9-11-26)29-17-22-14-23(18-29)16-28(15-22,20-29)24-4-2-1-3-5-24/h1-13,19,22-23,31H,14-18,20H2/t22-,23+,28?,29?. The number of benzene rings is 3. The lowest BCUT2D eigenvalue weighted by molar-refractivity contribution is -0.0281. The number of rotatable bonds is 4. The lowest BCUT2D eigenvalue weighted by Crippen LogP contribution is -2.55. The minimum absolute atomic E-state index is 0.283. The van der Waals surface area contributed by atoms with Crippen molar-refractivity contribution in [1.82, 2.24) is 0 Å². The molecule has 1 N–H and O–H groups in total. The molecule has 4 saturated carbocycles. The van der Waals surface area contributed by atoms with Crippen LogP contribution in [0.1, 0.15) is 55.2 Å². The zero-order chi connectivity index (χ0) is 20.9. The molecule has 4 bridgehead atoms. The third-order valence-corrected chi connectivity index (χ3v) is 8.18. The van der Waals surface area contributed by atoms with Crippen molar-refractivity contribution in [1.29, 1.82) is 0 Å². The van der Waals surface area contributed by atoms with Gasteiger partial charge in [-0.05, 0) is 114 Å². The summed E-state index contributed by atoms with van der Waals surface area (Å²) in [4.78, 5) is 4.65. The fourth-order valence-electron chi connectivity index (χ4n) is 7.34. The molecule has 2 heteroatoms. The van der Waals surface area contributed by atoms with Gasteiger partial charge in [-0.15, -0.1) is 0 Å². The Bertz CT molecular complexity index is 1080. The summed E-state index contributed by atoms with van der Waals surface area (Å²) < 4.78 is 0. The summed E-state index contributed by atoms with van der Waals surface area (Å²) in [6.45, 7) is 0. The highest BCUT2D eigenvalue weighted by atomic mass is 16.3. The highest BCUT2D eigenvalue weighted by Crippen LogP contribution is 2.66. The van der Waals surface area contributed by atoms with Crippen molar-refractivity contribution in [3.05, 3.63) is 95.6 Å². The van der Waals surface area contributed by atoms with Crippen LogP contribution in [0.3, 0.4) is 0 Å². The molecule has 0 amide bonds. The van der Waals surface area contributed by atoms with Crippen molar-refractivity contribution in [2.75, 3.05) is 0 Å². The predicted molar refractivity (Wildman–Crippen MR) is 126 cm³/mol. The van der Waals surface area contributed by atoms with E-state index in [-0.39, 0.29) is 5.75 Å². The Balaban J connectivity index is 1.29. The van der Waals surface area contributed by atoms with E-state index in [0.717, 1.165) is 23.1 Å². The molecular weight excluding hydrogens is 378 g/mol. The first kappa shape index (κ1) is 18.9. The summed E-state index contributed by atoms with van der Waals surface area (Å²) >= 11 is 0. The maximum Gasteiger partial charge on any atom is 0.115 e. The summed E-state index contributed by atoms with van der Waals surface area (Å²) in [7, 11) is 0. The van der Waals surface area contributed by atoms with Crippen molar-refractivity contribution < 1.29 is 5.11 Å². The minimum atomic E-state index is 0.283. The molecule has 0 heterocycles. The van der Waals surface area contributed by atoms with Crippen molar-refractivity contribution in [2.24, 2.45) is 16.8 Å². The van der Waals surface area contributed by atoms with Gasteiger partial charge in [0.15, 0.2) is 0 Å². The van der Waals surface area contributed by atoms with E-state index in [2.05, 4.69) is 59.6 Å². The largest absolute Gasteiger partial charge is 0.508 e. The summed E-state index contributed by atoms with van der Waals surface area (Å²) in [6.07, 6.45) is 10.1. The van der Waals surface area contributed by atoms with E-state index in [4.69, 9.17) is 0 Å². The first-order valence-electron chi connectivity index (χ1n) is 11.6. The van der Waals surface area contributed by atoms with Gasteiger partial charge in [-0.3, -0.25) is 4.99 Å². The molecule has 0 spiro atoms. The van der Waals surface area contributed by atoms with Crippen LogP contribution in [0.25, 0.3) is 0 Å². The van der Waals surface area contributed by atoms with Gasteiger partial charge in [0.2, 0.25) is 0 Å². The molecule has 4 aliphatic carbocycles. The van der Waals surface area contributed by atoms with E-state index in [1.807, 2.05) is 18.3 Å². The zero-order valence-corrected chi connectivity index (χ0v) is 17.9. The van der Waals surface area contributed by atoms with Gasteiger partial charge in [0.05, 0.1) is 5.69 Å². The number of hydrogen-bond donors (Lipinski definition) is 1. The molecule has 4 atom stereocenters. The normalized spacial score (nSPS) is 31.4. The van der Waals surface area contributed by atoms with Gasteiger partial charge in [-0.2, -0.15) is 0 Å². The smallest absolute Gasteiger partial charge is 0.115 e. The average molecular weight is 408 g/mol. The van der Waals surface area contributed by atoms with Crippen LogP contribution >= 0.6 is 0 Å². The third-order valence-electron chi connectivity index (χ3n) is 8.18. The molecule has 2 unspecified atom stereocenters. The Hall–Kier alpha value is -2.87. The maximum absolute atomic E-state index is 9.44. The SMILES string of the molecule is Oc1ccc(C=Nc2ccc(C34C[C@@H]5C[C@@H](CC(c6ccccc6)(C5)C3)C4)cc2)cc1. The van der Waals surface area contributed by atoms with Gasteiger partial charge in [0, 0.05) is 6.21 Å². The second-order valence-corrected chi connectivity index (χ2v) is 10.3. The van der Waals surface area contributed by atoms with Crippen molar-refractivity contribution >= 4 is 11.9 Å². The van der Waals surface area contributed by atoms with Crippen LogP contribution in [0.5, 0.6) is 5.75 Å². The Morgan fingerprint density at radius 1 is 0.710 bits per heavy atom. The second kappa shape index (κ2) is 7.09. The molecule has 31 heavy (non-hydrogen) atoms. The summed E-state index contributed by atoms with van der Waals surface area (Å²) in [5.74, 6) is 2.02. The molecule has 156 valence electrons. The van der Waals surface area contributed by atoms with Crippen LogP contribution in [-0.2, 0) is 10.8 Å². The monoisotopic (exact) mass is 407 g/mol. The van der Waals surface area contributed by atoms with Crippen LogP contribution in [0, 0.1) is 11.8 Å². The van der Waals surface area contributed by atoms with Gasteiger partial charge >= 0.3 is 0 Å². The van der Waals surface area contributed by atoms with Crippen LogP contribution in [0.4, 0.5) is 5.69 Å². The first-order valence-corrected chi connectivity index (χ1v) is 11.6. The summed E-state index contributed by atoms with van der Waals surface area (Å²) in [6, 6.07) is 27.5. The highest BCUT2D eigenvalue weighted by molar-refractivity contribution is 5.82. The Morgan fingerprint density at radius 3 is 1.90 bits per heavy atom. The van der Waals surface area contributed by atoms with Gasteiger partial charge in [-0.25, -0.2) is 0 Å². The molecule has 4 aliphatic rings. The molecule has 2 nitrogen and oxygen atoms in total. The van der Waals surface area contributed by atoms with E-state index in [9.17, 15) is 5.11 Å². The molecule has 0 aromatic heterocycles. The Labute approximate surface area is 184 Å². The predicted octanol–water partition coefficient (Wildman–Crippen LogP) is 6.93. The topological polar surface area (TPSA) is 32.6 Å². The number of aromatic hydroxyl groups is 1. The van der Waals surface area contributed by atoms with Gasteiger partial charge in [0.1, 0.15) is 5.75 Å². The molecule has 4 fully saturated rings. The minimum Gasteiger partial charge on any atom is -0.508 e. The molecule has 7 rings (SSSR count). The molecule has 3 aromatic rings. The summed E-state index contributed by atoms with van der Waals surface area (Å²) in [5, 5.41) is 9.44. The van der Waals surface area contributed by atoms with Crippen LogP contribution in [-0.4, -0.2) is 11.3 Å². The van der Waals surface area contributed by atoms with E-state index < -0.39 is 0 Å². The quantitative estimate of drug-likeness (QED) is 0.467. The molecule has 3 aromatic carbocycles. The number of phenols is 1. The van der Waals surface area contributed by atoms with Crippen molar-refractivity contribution in [3.8, 4) is 5.75 Å². The average Bonchev–Trinajstić information content (AvgIpc) is 2.79. The maximum atomic E-state index is 9.44. The number of hydrogen-bond acceptors (Lipinski definition) is 2. The Morgan fingerprint density at radius 2 is 1.29 bits per heavy atom. The molecule has 0 aliphatic heterocycles. The van der Waals surface area contributed by atoms with E-state index in [0.29, 0.717) is 10.8 Å². The van der Waals surface area contributed by atoms with Crippen LogP contribution in [0.2, 0.25) is 0 Å². The third kappa shape index (κ3) is 3.29. The number of aliphatic imine (C=N–C) groups is 1. The van der Waals surface area contributed by atoms with E-state index in [1.54, 1.807) is 17.7 Å². The van der Waals surface area contributed by atoms with Gasteiger partial charge < -0.3 is 5.11 Å². The lowest BCUT2D eigenvalue weighted by Gasteiger charge is -2.62. The van der Waals surface area contributed by atoms with Crippen LogP contribution < -0.4 is 0 Å². The Kier molecular flexibility index (Phi) is 4.31. The van der Waals surface area contributed by atoms with Gasteiger partial charge in [-0.1, -0.05) is 42.5 Å². The van der Waals surface area contributed by atoms with E-state index >= 15 is 0 Å². The number of phenolic OH excluding ortho intramolecular Hbond substituents is 1. The molecule has 0 saturated heterocycles. The summed E-state index contributed by atoms with van der Waals surface area (Å²) in [5.41, 5.74) is 5.78. The molecular formula is C29H29NO. The fraction of sp³-hybridized carbons (Fsp3) is 0.345. The highest BCUT2D eigenvalue weighted by Gasteiger charge is 2.58. The number of nitrogens with zero attached hydrogens (tertiary/aromatic N) is 1.